The fourth-order valence-corrected chi connectivity index (χ4v) is 3.11. The lowest BCUT2D eigenvalue weighted by molar-refractivity contribution is -0.118. The van der Waals surface area contributed by atoms with E-state index >= 15 is 0 Å². The zero-order chi connectivity index (χ0) is 19.8. The Morgan fingerprint density at radius 2 is 1.79 bits per heavy atom. The molecule has 0 aliphatic rings. The maximum Gasteiger partial charge on any atom is 0.250 e. The van der Waals surface area contributed by atoms with Crippen LogP contribution in [0.3, 0.4) is 0 Å². The fourth-order valence-electron chi connectivity index (χ4n) is 2.41. The van der Waals surface area contributed by atoms with E-state index in [1.54, 1.807) is 0 Å². The van der Waals surface area contributed by atoms with Crippen molar-refractivity contribution >= 4 is 29.5 Å². The van der Waals surface area contributed by atoms with Gasteiger partial charge in [-0.05, 0) is 18.6 Å². The van der Waals surface area contributed by atoms with E-state index in [-0.39, 0.29) is 11.7 Å². The third kappa shape index (κ3) is 5.40. The second kappa shape index (κ2) is 9.66. The van der Waals surface area contributed by atoms with Crippen LogP contribution in [0.1, 0.15) is 12.5 Å². The molecule has 6 nitrogen and oxygen atoms in total. The summed E-state index contributed by atoms with van der Waals surface area (Å²) in [6, 6.07) is 19.7. The zero-order valence-corrected chi connectivity index (χ0v) is 16.6. The predicted octanol–water partition coefficient (Wildman–Crippen LogP) is 3.78. The number of rotatable bonds is 7. The monoisotopic (exact) mass is 391 g/mol. The van der Waals surface area contributed by atoms with E-state index in [1.807, 2.05) is 91.4 Å². The highest BCUT2D eigenvalue weighted by molar-refractivity contribution is 7.99. The van der Waals surface area contributed by atoms with Gasteiger partial charge in [0, 0.05) is 12.6 Å². The maximum atomic E-state index is 12.1. The van der Waals surface area contributed by atoms with Gasteiger partial charge in [-0.3, -0.25) is 4.79 Å². The number of benzene rings is 2. The molecule has 0 aliphatic carbocycles. The molecule has 0 spiro atoms. The van der Waals surface area contributed by atoms with Gasteiger partial charge in [0.1, 0.15) is 0 Å². The third-order valence-electron chi connectivity index (χ3n) is 3.87. The van der Waals surface area contributed by atoms with Crippen molar-refractivity contribution in [2.24, 2.45) is 12.1 Å². The van der Waals surface area contributed by atoms with Crippen molar-refractivity contribution in [1.29, 1.82) is 0 Å². The lowest BCUT2D eigenvalue weighted by Crippen LogP contribution is -2.20. The summed E-state index contributed by atoms with van der Waals surface area (Å²) in [6.45, 7) is 1.83. The van der Waals surface area contributed by atoms with E-state index in [2.05, 4.69) is 20.7 Å². The van der Waals surface area contributed by atoms with Gasteiger partial charge in [-0.15, -0.1) is 10.2 Å². The van der Waals surface area contributed by atoms with Crippen molar-refractivity contribution in [1.82, 2.24) is 20.2 Å². The maximum absolute atomic E-state index is 12.1. The van der Waals surface area contributed by atoms with Gasteiger partial charge in [0.05, 0.1) is 11.5 Å². The minimum atomic E-state index is -0.193. The molecule has 1 heterocycles. The number of nitrogens with zero attached hydrogens (tertiary/aromatic N) is 4. The number of carbonyl (C=O) groups excluding carboxylic acids is 1. The Bertz CT molecular complexity index is 981. The average Bonchev–Trinajstić information content (AvgIpc) is 3.11. The standard InChI is InChI=1S/C21H21N5OS/c1-16(13-14-17-9-5-3-6-10-17)22-23-19(27)15-28-21-25-24-20(26(21)2)18-11-7-4-8-12-18/h3-14H,15H2,1-2H3,(H,23,27)/b14-13+,22-16-. The van der Waals surface area contributed by atoms with Crippen molar-refractivity contribution < 1.29 is 4.79 Å². The molecule has 7 heteroatoms. The van der Waals surface area contributed by atoms with Crippen molar-refractivity contribution in [3.8, 4) is 11.4 Å². The number of hydrogen-bond donors (Lipinski definition) is 1. The number of nitrogens with one attached hydrogen (secondary N) is 1. The molecule has 2 aromatic carbocycles. The summed E-state index contributed by atoms with van der Waals surface area (Å²) < 4.78 is 1.88. The van der Waals surface area contributed by atoms with Crippen LogP contribution in [-0.4, -0.2) is 32.1 Å². The van der Waals surface area contributed by atoms with Gasteiger partial charge in [-0.2, -0.15) is 5.10 Å². The Kier molecular flexibility index (Phi) is 6.75. The summed E-state index contributed by atoms with van der Waals surface area (Å²) in [7, 11) is 1.89. The molecule has 0 atom stereocenters. The first kappa shape index (κ1) is 19.6. The number of thioether (sulfide) groups is 1. The molecular formula is C21H21N5OS. The minimum Gasteiger partial charge on any atom is -0.305 e. The van der Waals surface area contributed by atoms with Crippen molar-refractivity contribution in [3.05, 3.63) is 72.3 Å². The molecule has 0 fully saturated rings. The zero-order valence-electron chi connectivity index (χ0n) is 15.7. The van der Waals surface area contributed by atoms with E-state index in [9.17, 15) is 4.79 Å². The minimum absolute atomic E-state index is 0.193. The summed E-state index contributed by atoms with van der Waals surface area (Å²) >= 11 is 1.32. The highest BCUT2D eigenvalue weighted by atomic mass is 32.2. The largest absolute Gasteiger partial charge is 0.305 e. The summed E-state index contributed by atoms with van der Waals surface area (Å²) in [5.41, 5.74) is 5.35. The van der Waals surface area contributed by atoms with Crippen LogP contribution in [0, 0.1) is 0 Å². The van der Waals surface area contributed by atoms with E-state index in [0.717, 1.165) is 17.0 Å². The molecule has 3 aromatic rings. The Morgan fingerprint density at radius 1 is 1.11 bits per heavy atom. The highest BCUT2D eigenvalue weighted by Gasteiger charge is 2.12. The molecule has 1 aromatic heterocycles. The van der Waals surface area contributed by atoms with Gasteiger partial charge in [-0.1, -0.05) is 78.5 Å². The van der Waals surface area contributed by atoms with Crippen LogP contribution in [0.25, 0.3) is 17.5 Å². The Hall–Kier alpha value is -3.19. The van der Waals surface area contributed by atoms with Crippen LogP contribution < -0.4 is 5.43 Å². The lowest BCUT2D eigenvalue weighted by Gasteiger charge is -2.03. The predicted molar refractivity (Wildman–Crippen MR) is 114 cm³/mol. The van der Waals surface area contributed by atoms with E-state index in [1.165, 1.54) is 11.8 Å². The molecule has 0 bridgehead atoms. The lowest BCUT2D eigenvalue weighted by atomic mass is 10.2. The van der Waals surface area contributed by atoms with Crippen LogP contribution in [0.5, 0.6) is 0 Å². The normalized spacial score (nSPS) is 11.7. The van der Waals surface area contributed by atoms with Gasteiger partial charge < -0.3 is 4.57 Å². The molecule has 1 N–H and O–H groups in total. The Balaban J connectivity index is 1.52. The number of hydrazone groups is 1. The summed E-state index contributed by atoms with van der Waals surface area (Å²) in [5.74, 6) is 0.782. The quantitative estimate of drug-likeness (QED) is 0.378. The van der Waals surface area contributed by atoms with Crippen molar-refractivity contribution in [2.45, 2.75) is 12.1 Å². The van der Waals surface area contributed by atoms with Gasteiger partial charge in [0.25, 0.3) is 5.91 Å². The highest BCUT2D eigenvalue weighted by Crippen LogP contribution is 2.22. The van der Waals surface area contributed by atoms with Gasteiger partial charge in [0.2, 0.25) is 0 Å². The average molecular weight is 392 g/mol. The number of aromatic nitrogens is 3. The molecule has 0 saturated carbocycles. The van der Waals surface area contributed by atoms with Gasteiger partial charge in [-0.25, -0.2) is 5.43 Å². The van der Waals surface area contributed by atoms with E-state index in [4.69, 9.17) is 0 Å². The summed E-state index contributed by atoms with van der Waals surface area (Å²) in [4.78, 5) is 12.1. The molecule has 142 valence electrons. The molecule has 0 unspecified atom stereocenters. The van der Waals surface area contributed by atoms with Crippen LogP contribution in [0.2, 0.25) is 0 Å². The molecule has 3 rings (SSSR count). The first-order valence-corrected chi connectivity index (χ1v) is 9.76. The van der Waals surface area contributed by atoms with Crippen LogP contribution in [0.4, 0.5) is 0 Å². The van der Waals surface area contributed by atoms with Crippen molar-refractivity contribution in [3.63, 3.8) is 0 Å². The molecular weight excluding hydrogens is 370 g/mol. The van der Waals surface area contributed by atoms with Crippen molar-refractivity contribution in [2.75, 3.05) is 5.75 Å². The van der Waals surface area contributed by atoms with Crippen LogP contribution >= 0.6 is 11.8 Å². The van der Waals surface area contributed by atoms with Gasteiger partial charge >= 0.3 is 0 Å². The third-order valence-corrected chi connectivity index (χ3v) is 4.89. The first-order chi connectivity index (χ1) is 13.6. The molecule has 0 saturated heterocycles. The second-order valence-corrected chi connectivity index (χ2v) is 6.99. The van der Waals surface area contributed by atoms with E-state index < -0.39 is 0 Å². The molecule has 28 heavy (non-hydrogen) atoms. The number of carbonyl (C=O) groups is 1. The molecule has 0 radical (unpaired) electrons. The molecule has 0 aliphatic heterocycles. The number of allylic oxidation sites excluding steroid dienone is 1. The van der Waals surface area contributed by atoms with E-state index in [0.29, 0.717) is 10.9 Å². The van der Waals surface area contributed by atoms with Crippen LogP contribution in [0.15, 0.2) is 77.0 Å². The second-order valence-electron chi connectivity index (χ2n) is 6.05. The Morgan fingerprint density at radius 3 is 2.50 bits per heavy atom. The number of hydrogen-bond acceptors (Lipinski definition) is 5. The SMILES string of the molecule is CC(/C=C/c1ccccc1)=N/NC(=O)CSc1nnc(-c2ccccc2)n1C. The Labute approximate surface area is 168 Å². The summed E-state index contributed by atoms with van der Waals surface area (Å²) in [5, 5.41) is 13.2. The number of amides is 1. The summed E-state index contributed by atoms with van der Waals surface area (Å²) in [6.07, 6.45) is 3.81. The topological polar surface area (TPSA) is 72.2 Å². The van der Waals surface area contributed by atoms with Crippen LogP contribution in [-0.2, 0) is 11.8 Å². The smallest absolute Gasteiger partial charge is 0.250 e. The first-order valence-electron chi connectivity index (χ1n) is 8.77. The fraction of sp³-hybridized carbons (Fsp3) is 0.143. The molecule has 1 amide bonds. The van der Waals surface area contributed by atoms with Gasteiger partial charge in [0.15, 0.2) is 11.0 Å².